The highest BCUT2D eigenvalue weighted by molar-refractivity contribution is 9.11. The van der Waals surface area contributed by atoms with Gasteiger partial charge < -0.3 is 9.84 Å². The second-order valence-corrected chi connectivity index (χ2v) is 8.63. The van der Waals surface area contributed by atoms with Crippen LogP contribution in [0.25, 0.3) is 0 Å². The van der Waals surface area contributed by atoms with Crippen LogP contribution in [0.15, 0.2) is 79.2 Å². The highest BCUT2D eigenvalue weighted by Crippen LogP contribution is 2.30. The van der Waals surface area contributed by atoms with Gasteiger partial charge in [0.05, 0.1) is 16.3 Å². The Labute approximate surface area is 193 Å². The third kappa shape index (κ3) is 5.91. The van der Waals surface area contributed by atoms with E-state index in [2.05, 4.69) is 58.3 Å². The number of halogens is 3. The first-order valence-corrected chi connectivity index (χ1v) is 10.8. The number of carbonyl (C=O) groups is 1. The minimum atomic E-state index is -0.431. The number of aromatic hydroxyl groups is 1. The Hall–Kier alpha value is -2.16. The standard InChI is InChI=1S/C21H15Br3N2O3/c22-15-6-7-19(29-12-13-4-2-1-3-5-13)17(9-15)21(28)26-25-11-14-8-16(23)10-18(24)20(14)27/h1-11,27H,12H2,(H,26,28). The van der Waals surface area contributed by atoms with E-state index in [-0.39, 0.29) is 5.75 Å². The minimum Gasteiger partial charge on any atom is -0.506 e. The van der Waals surface area contributed by atoms with E-state index in [1.165, 1.54) is 6.21 Å². The molecule has 148 valence electrons. The van der Waals surface area contributed by atoms with Crippen LogP contribution in [0.3, 0.4) is 0 Å². The summed E-state index contributed by atoms with van der Waals surface area (Å²) >= 11 is 9.98. The van der Waals surface area contributed by atoms with Gasteiger partial charge in [0.2, 0.25) is 0 Å². The van der Waals surface area contributed by atoms with Gasteiger partial charge in [-0.15, -0.1) is 0 Å². The Morgan fingerprint density at radius 1 is 1.03 bits per heavy atom. The van der Waals surface area contributed by atoms with E-state index in [1.54, 1.807) is 30.3 Å². The Morgan fingerprint density at radius 3 is 2.55 bits per heavy atom. The van der Waals surface area contributed by atoms with Crippen LogP contribution < -0.4 is 10.2 Å². The lowest BCUT2D eigenvalue weighted by Crippen LogP contribution is -2.19. The average Bonchev–Trinajstić information content (AvgIpc) is 2.71. The number of carbonyl (C=O) groups excluding carboxylic acids is 1. The van der Waals surface area contributed by atoms with Crippen LogP contribution in [0.1, 0.15) is 21.5 Å². The van der Waals surface area contributed by atoms with E-state index in [9.17, 15) is 9.90 Å². The highest BCUT2D eigenvalue weighted by Gasteiger charge is 2.13. The third-order valence-corrected chi connectivity index (χ3v) is 5.41. The number of hydrogen-bond acceptors (Lipinski definition) is 4. The fraction of sp³-hybridized carbons (Fsp3) is 0.0476. The van der Waals surface area contributed by atoms with E-state index in [1.807, 2.05) is 30.3 Å². The Kier molecular flexibility index (Phi) is 7.46. The molecule has 0 saturated carbocycles. The van der Waals surface area contributed by atoms with Crippen LogP contribution in [-0.2, 0) is 6.61 Å². The number of hydrogen-bond donors (Lipinski definition) is 2. The van der Waals surface area contributed by atoms with Crippen molar-refractivity contribution in [2.45, 2.75) is 6.61 Å². The monoisotopic (exact) mass is 580 g/mol. The molecule has 3 aromatic rings. The highest BCUT2D eigenvalue weighted by atomic mass is 79.9. The molecule has 0 aliphatic rings. The number of phenols is 1. The lowest BCUT2D eigenvalue weighted by molar-refractivity contribution is 0.0950. The van der Waals surface area contributed by atoms with Gasteiger partial charge >= 0.3 is 0 Å². The van der Waals surface area contributed by atoms with Crippen LogP contribution in [0.2, 0.25) is 0 Å². The first kappa shape index (κ1) is 21.5. The first-order chi connectivity index (χ1) is 13.9. The normalized spacial score (nSPS) is 10.9. The van der Waals surface area contributed by atoms with Crippen molar-refractivity contribution in [1.29, 1.82) is 0 Å². The molecule has 3 rings (SSSR count). The van der Waals surface area contributed by atoms with Gasteiger partial charge in [0.15, 0.2) is 0 Å². The Balaban J connectivity index is 1.74. The number of hydrazone groups is 1. The molecule has 3 aromatic carbocycles. The second-order valence-electron chi connectivity index (χ2n) is 5.94. The number of amides is 1. The molecule has 0 atom stereocenters. The molecule has 5 nitrogen and oxygen atoms in total. The molecular formula is C21H15Br3N2O3. The lowest BCUT2D eigenvalue weighted by atomic mass is 10.2. The van der Waals surface area contributed by atoms with Crippen LogP contribution in [-0.4, -0.2) is 17.2 Å². The van der Waals surface area contributed by atoms with E-state index >= 15 is 0 Å². The molecule has 8 heteroatoms. The Bertz CT molecular complexity index is 1060. The summed E-state index contributed by atoms with van der Waals surface area (Å²) < 4.78 is 7.85. The number of ether oxygens (including phenoxy) is 1. The Morgan fingerprint density at radius 2 is 1.79 bits per heavy atom. The van der Waals surface area contributed by atoms with Gasteiger partial charge in [-0.25, -0.2) is 5.43 Å². The van der Waals surface area contributed by atoms with E-state index in [0.29, 0.717) is 28.0 Å². The lowest BCUT2D eigenvalue weighted by Gasteiger charge is -2.11. The summed E-state index contributed by atoms with van der Waals surface area (Å²) in [5.41, 5.74) is 4.25. The predicted octanol–water partition coefficient (Wildman–Crippen LogP) is 6.02. The van der Waals surface area contributed by atoms with Crippen molar-refractivity contribution in [3.63, 3.8) is 0 Å². The maximum atomic E-state index is 12.6. The fourth-order valence-electron chi connectivity index (χ4n) is 2.45. The van der Waals surface area contributed by atoms with Gasteiger partial charge in [-0.1, -0.05) is 62.2 Å². The zero-order valence-corrected chi connectivity index (χ0v) is 19.7. The molecule has 0 fully saturated rings. The van der Waals surface area contributed by atoms with Crippen LogP contribution in [0, 0.1) is 0 Å². The summed E-state index contributed by atoms with van der Waals surface area (Å²) in [6.07, 6.45) is 1.37. The number of nitrogens with zero attached hydrogens (tertiary/aromatic N) is 1. The van der Waals surface area contributed by atoms with Gasteiger partial charge in [-0.3, -0.25) is 4.79 Å². The van der Waals surface area contributed by atoms with Gasteiger partial charge in [-0.2, -0.15) is 5.10 Å². The summed E-state index contributed by atoms with van der Waals surface area (Å²) in [4.78, 5) is 12.6. The second kappa shape index (κ2) is 10.0. The van der Waals surface area contributed by atoms with E-state index < -0.39 is 5.91 Å². The molecule has 2 N–H and O–H groups in total. The number of nitrogens with one attached hydrogen (secondary N) is 1. The summed E-state index contributed by atoms with van der Waals surface area (Å²) in [7, 11) is 0. The topological polar surface area (TPSA) is 70.9 Å². The molecule has 0 unspecified atom stereocenters. The SMILES string of the molecule is O=C(NN=Cc1cc(Br)cc(Br)c1O)c1cc(Br)ccc1OCc1ccccc1. The first-order valence-electron chi connectivity index (χ1n) is 8.41. The molecule has 1 amide bonds. The van der Waals surface area contributed by atoms with Crippen LogP contribution in [0.4, 0.5) is 0 Å². The van der Waals surface area contributed by atoms with E-state index in [0.717, 1.165) is 14.5 Å². The van der Waals surface area contributed by atoms with Gasteiger partial charge in [0.1, 0.15) is 18.1 Å². The molecule has 0 bridgehead atoms. The van der Waals surface area contributed by atoms with Gasteiger partial charge in [0.25, 0.3) is 5.91 Å². The average molecular weight is 583 g/mol. The minimum absolute atomic E-state index is 0.0283. The smallest absolute Gasteiger partial charge is 0.275 e. The predicted molar refractivity (Wildman–Crippen MR) is 123 cm³/mol. The van der Waals surface area contributed by atoms with E-state index in [4.69, 9.17) is 4.74 Å². The summed E-state index contributed by atoms with van der Waals surface area (Å²) in [5, 5.41) is 14.0. The van der Waals surface area contributed by atoms with Crippen molar-refractivity contribution in [2.24, 2.45) is 5.10 Å². The molecule has 0 aliphatic heterocycles. The molecule has 0 saturated heterocycles. The molecule has 29 heavy (non-hydrogen) atoms. The van der Waals surface area contributed by atoms with Crippen molar-refractivity contribution < 1.29 is 14.6 Å². The van der Waals surface area contributed by atoms with Crippen LogP contribution in [0.5, 0.6) is 11.5 Å². The fourth-order valence-corrected chi connectivity index (χ4v) is 4.07. The molecule has 0 spiro atoms. The number of phenolic OH excluding ortho intramolecular Hbond substituents is 1. The van der Waals surface area contributed by atoms with Gasteiger partial charge in [-0.05, 0) is 51.8 Å². The van der Waals surface area contributed by atoms with Crippen molar-refractivity contribution in [3.8, 4) is 11.5 Å². The maximum absolute atomic E-state index is 12.6. The molecule has 0 aliphatic carbocycles. The van der Waals surface area contributed by atoms with Crippen molar-refractivity contribution >= 4 is 59.9 Å². The third-order valence-electron chi connectivity index (χ3n) is 3.85. The van der Waals surface area contributed by atoms with Crippen molar-refractivity contribution in [3.05, 3.63) is 90.8 Å². The van der Waals surface area contributed by atoms with Crippen molar-refractivity contribution in [2.75, 3.05) is 0 Å². The summed E-state index contributed by atoms with van der Waals surface area (Å²) in [6, 6.07) is 18.3. The molecule has 0 heterocycles. The molecular weight excluding hydrogens is 568 g/mol. The van der Waals surface area contributed by atoms with Gasteiger partial charge in [0, 0.05) is 14.5 Å². The molecule has 0 radical (unpaired) electrons. The zero-order chi connectivity index (χ0) is 20.8. The maximum Gasteiger partial charge on any atom is 0.275 e. The summed E-state index contributed by atoms with van der Waals surface area (Å²) in [5.74, 6) is 0.0394. The zero-order valence-electron chi connectivity index (χ0n) is 14.9. The summed E-state index contributed by atoms with van der Waals surface area (Å²) in [6.45, 7) is 0.339. The number of rotatable bonds is 6. The quantitative estimate of drug-likeness (QED) is 0.276. The van der Waals surface area contributed by atoms with Crippen LogP contribution >= 0.6 is 47.8 Å². The van der Waals surface area contributed by atoms with Crippen molar-refractivity contribution in [1.82, 2.24) is 5.43 Å². The largest absolute Gasteiger partial charge is 0.506 e. The number of benzene rings is 3. The molecule has 0 aromatic heterocycles.